The van der Waals surface area contributed by atoms with Crippen LogP contribution < -0.4 is 0 Å². The minimum absolute atomic E-state index is 0.261. The molecule has 0 spiro atoms. The van der Waals surface area contributed by atoms with E-state index in [2.05, 4.69) is 15.0 Å². The van der Waals surface area contributed by atoms with Gasteiger partial charge in [-0.25, -0.2) is 4.39 Å². The molecule has 3 nitrogen and oxygen atoms in total. The van der Waals surface area contributed by atoms with Crippen molar-refractivity contribution in [1.82, 2.24) is 15.0 Å². The lowest BCUT2D eigenvalue weighted by Crippen LogP contribution is -1.84. The van der Waals surface area contributed by atoms with E-state index in [-0.39, 0.29) is 5.82 Å². The molecule has 0 aliphatic rings. The number of nitrogens with one attached hydrogen (secondary N) is 2. The Morgan fingerprint density at radius 1 is 0.842 bits per heavy atom. The Kier molecular flexibility index (Phi) is 2.97. The van der Waals surface area contributed by atoms with Gasteiger partial charge in [0.2, 0.25) is 0 Å². The number of hydrogen-bond acceptors (Lipinski definition) is 2. The molecule has 94 valence electrons. The number of rotatable bonds is 2. The Morgan fingerprint density at radius 3 is 1.95 bits per heavy atom. The minimum Gasteiger partial charge on any atom is -0.330 e. The summed E-state index contributed by atoms with van der Waals surface area (Å²) in [6.45, 7) is 0. The van der Waals surface area contributed by atoms with E-state index in [1.807, 2.05) is 12.1 Å². The SMILES string of the molecule is Fc1ccc(-c2[nH]c(=S)[nH]c2-c2ccncc2)cc1. The van der Waals surface area contributed by atoms with Gasteiger partial charge in [0, 0.05) is 23.5 Å². The van der Waals surface area contributed by atoms with Gasteiger partial charge in [-0.3, -0.25) is 4.98 Å². The molecule has 0 aliphatic carbocycles. The monoisotopic (exact) mass is 271 g/mol. The first kappa shape index (κ1) is 11.8. The highest BCUT2D eigenvalue weighted by molar-refractivity contribution is 7.71. The Balaban J connectivity index is 2.17. The van der Waals surface area contributed by atoms with E-state index in [0.29, 0.717) is 4.77 Å². The Bertz CT molecular complexity index is 744. The highest BCUT2D eigenvalue weighted by Gasteiger charge is 2.10. The van der Waals surface area contributed by atoms with Crippen LogP contribution in [0.1, 0.15) is 0 Å². The first-order valence-corrected chi connectivity index (χ1v) is 6.13. The van der Waals surface area contributed by atoms with Gasteiger partial charge in [0.25, 0.3) is 0 Å². The Hall–Kier alpha value is -2.27. The van der Waals surface area contributed by atoms with E-state index in [1.165, 1.54) is 12.1 Å². The van der Waals surface area contributed by atoms with Crippen LogP contribution in [0, 0.1) is 10.6 Å². The van der Waals surface area contributed by atoms with Crippen LogP contribution in [0.3, 0.4) is 0 Å². The standard InChI is InChI=1S/C14H10FN3S/c15-11-3-1-9(2-4-11)12-13(18-14(19)17-12)10-5-7-16-8-6-10/h1-8H,(H2,17,18,19). The van der Waals surface area contributed by atoms with E-state index in [4.69, 9.17) is 12.2 Å². The number of benzene rings is 1. The Morgan fingerprint density at radius 2 is 1.37 bits per heavy atom. The number of aromatic nitrogens is 3. The molecule has 3 aromatic rings. The maximum absolute atomic E-state index is 13.0. The summed E-state index contributed by atoms with van der Waals surface area (Å²) < 4.78 is 13.5. The summed E-state index contributed by atoms with van der Waals surface area (Å²) >= 11 is 5.15. The molecular weight excluding hydrogens is 261 g/mol. The lowest BCUT2D eigenvalue weighted by Gasteiger charge is -2.03. The summed E-state index contributed by atoms with van der Waals surface area (Å²) in [5, 5.41) is 0. The van der Waals surface area contributed by atoms with Gasteiger partial charge in [-0.05, 0) is 48.6 Å². The van der Waals surface area contributed by atoms with Crippen LogP contribution in [0.25, 0.3) is 22.5 Å². The predicted octanol–water partition coefficient (Wildman–Crippen LogP) is 3.94. The van der Waals surface area contributed by atoms with E-state index in [9.17, 15) is 4.39 Å². The van der Waals surface area contributed by atoms with Crippen molar-refractivity contribution < 1.29 is 4.39 Å². The molecule has 0 bridgehead atoms. The lowest BCUT2D eigenvalue weighted by molar-refractivity contribution is 0.628. The van der Waals surface area contributed by atoms with Crippen molar-refractivity contribution in [3.8, 4) is 22.5 Å². The van der Waals surface area contributed by atoms with Crippen LogP contribution in [0.15, 0.2) is 48.8 Å². The number of H-pyrrole nitrogens is 2. The van der Waals surface area contributed by atoms with Gasteiger partial charge in [-0.2, -0.15) is 0 Å². The number of hydrogen-bond donors (Lipinski definition) is 2. The molecule has 0 saturated heterocycles. The van der Waals surface area contributed by atoms with Crippen LogP contribution >= 0.6 is 12.2 Å². The molecule has 5 heteroatoms. The van der Waals surface area contributed by atoms with Crippen molar-refractivity contribution >= 4 is 12.2 Å². The molecule has 0 unspecified atom stereocenters. The van der Waals surface area contributed by atoms with Crippen molar-refractivity contribution in [3.05, 3.63) is 59.4 Å². The van der Waals surface area contributed by atoms with Crippen LogP contribution in [0.5, 0.6) is 0 Å². The summed E-state index contributed by atoms with van der Waals surface area (Å²) in [5.41, 5.74) is 3.57. The number of imidazole rings is 1. The highest BCUT2D eigenvalue weighted by Crippen LogP contribution is 2.28. The summed E-state index contributed by atoms with van der Waals surface area (Å²) in [5.74, 6) is -0.261. The second-order valence-electron chi connectivity index (χ2n) is 4.07. The first-order chi connectivity index (χ1) is 9.24. The molecule has 2 N–H and O–H groups in total. The van der Waals surface area contributed by atoms with Gasteiger partial charge in [0.15, 0.2) is 4.77 Å². The predicted molar refractivity (Wildman–Crippen MR) is 74.6 cm³/mol. The van der Waals surface area contributed by atoms with Crippen LogP contribution in [-0.2, 0) is 0 Å². The third kappa shape index (κ3) is 2.32. The average Bonchev–Trinajstić information content (AvgIpc) is 2.83. The van der Waals surface area contributed by atoms with E-state index in [0.717, 1.165) is 22.5 Å². The van der Waals surface area contributed by atoms with Crippen molar-refractivity contribution in [1.29, 1.82) is 0 Å². The second kappa shape index (κ2) is 4.78. The van der Waals surface area contributed by atoms with Gasteiger partial charge in [0.05, 0.1) is 11.4 Å². The zero-order chi connectivity index (χ0) is 13.2. The summed E-state index contributed by atoms with van der Waals surface area (Å²) in [6.07, 6.45) is 3.43. The van der Waals surface area contributed by atoms with Crippen LogP contribution in [0.4, 0.5) is 4.39 Å². The Labute approximate surface area is 114 Å². The van der Waals surface area contributed by atoms with Crippen molar-refractivity contribution in [3.63, 3.8) is 0 Å². The van der Waals surface area contributed by atoms with Crippen molar-refractivity contribution in [2.24, 2.45) is 0 Å². The molecule has 0 amide bonds. The summed E-state index contributed by atoms with van der Waals surface area (Å²) in [6, 6.07) is 10.1. The van der Waals surface area contributed by atoms with E-state index < -0.39 is 0 Å². The van der Waals surface area contributed by atoms with Crippen LogP contribution in [0.2, 0.25) is 0 Å². The lowest BCUT2D eigenvalue weighted by atomic mass is 10.1. The fraction of sp³-hybridized carbons (Fsp3) is 0. The maximum atomic E-state index is 13.0. The quantitative estimate of drug-likeness (QED) is 0.693. The molecular formula is C14H10FN3S. The van der Waals surface area contributed by atoms with Gasteiger partial charge in [-0.1, -0.05) is 0 Å². The molecule has 0 radical (unpaired) electrons. The highest BCUT2D eigenvalue weighted by atomic mass is 32.1. The topological polar surface area (TPSA) is 44.5 Å². The van der Waals surface area contributed by atoms with Crippen molar-refractivity contribution in [2.75, 3.05) is 0 Å². The van der Waals surface area contributed by atoms with E-state index in [1.54, 1.807) is 24.5 Å². The summed E-state index contributed by atoms with van der Waals surface area (Å²) in [4.78, 5) is 10.2. The molecule has 0 fully saturated rings. The van der Waals surface area contributed by atoms with Crippen LogP contribution in [-0.4, -0.2) is 15.0 Å². The number of nitrogens with zero attached hydrogens (tertiary/aromatic N) is 1. The molecule has 2 heterocycles. The number of pyridine rings is 1. The largest absolute Gasteiger partial charge is 0.330 e. The molecule has 0 aliphatic heterocycles. The molecule has 0 atom stereocenters. The molecule has 2 aromatic heterocycles. The number of aromatic amines is 2. The third-order valence-electron chi connectivity index (χ3n) is 2.83. The smallest absolute Gasteiger partial charge is 0.175 e. The minimum atomic E-state index is -0.261. The maximum Gasteiger partial charge on any atom is 0.175 e. The van der Waals surface area contributed by atoms with Gasteiger partial charge in [0.1, 0.15) is 5.82 Å². The van der Waals surface area contributed by atoms with E-state index >= 15 is 0 Å². The van der Waals surface area contributed by atoms with Gasteiger partial charge >= 0.3 is 0 Å². The van der Waals surface area contributed by atoms with Crippen molar-refractivity contribution in [2.45, 2.75) is 0 Å². The molecule has 19 heavy (non-hydrogen) atoms. The molecule has 3 rings (SSSR count). The average molecular weight is 271 g/mol. The fourth-order valence-electron chi connectivity index (χ4n) is 1.95. The zero-order valence-electron chi connectivity index (χ0n) is 9.85. The fourth-order valence-corrected chi connectivity index (χ4v) is 2.16. The normalized spacial score (nSPS) is 10.6. The number of halogens is 1. The zero-order valence-corrected chi connectivity index (χ0v) is 10.7. The van der Waals surface area contributed by atoms with Gasteiger partial charge in [-0.15, -0.1) is 0 Å². The molecule has 1 aromatic carbocycles. The molecule has 0 saturated carbocycles. The second-order valence-corrected chi connectivity index (χ2v) is 4.48. The van der Waals surface area contributed by atoms with Gasteiger partial charge < -0.3 is 9.97 Å². The first-order valence-electron chi connectivity index (χ1n) is 5.72. The third-order valence-corrected chi connectivity index (χ3v) is 3.03. The summed E-state index contributed by atoms with van der Waals surface area (Å²) in [7, 11) is 0.